The van der Waals surface area contributed by atoms with E-state index < -0.39 is 0 Å². The summed E-state index contributed by atoms with van der Waals surface area (Å²) >= 11 is 0. The summed E-state index contributed by atoms with van der Waals surface area (Å²) in [7, 11) is 0. The zero-order chi connectivity index (χ0) is 12.0. The van der Waals surface area contributed by atoms with Gasteiger partial charge in [0.15, 0.2) is 0 Å². The van der Waals surface area contributed by atoms with Crippen molar-refractivity contribution in [3.05, 3.63) is 35.4 Å². The first-order chi connectivity index (χ1) is 7.57. The Hall–Kier alpha value is -1.33. The number of nitrogens with one attached hydrogen (secondary N) is 1. The normalized spacial score (nSPS) is 11.1. The van der Waals surface area contributed by atoms with Crippen molar-refractivity contribution >= 4 is 0 Å². The number of hydrogen-bond donors (Lipinski definition) is 1. The van der Waals surface area contributed by atoms with Crippen LogP contribution >= 0.6 is 0 Å². The van der Waals surface area contributed by atoms with Crippen LogP contribution in [0.3, 0.4) is 0 Å². The molecule has 1 N–H and O–H groups in total. The lowest BCUT2D eigenvalue weighted by molar-refractivity contribution is 0.327. The summed E-state index contributed by atoms with van der Waals surface area (Å²) < 4.78 is 0. The maximum Gasteiger partial charge on any atom is 0.0991 e. The van der Waals surface area contributed by atoms with Crippen LogP contribution in [0.5, 0.6) is 0 Å². The maximum absolute atomic E-state index is 8.68. The van der Waals surface area contributed by atoms with Gasteiger partial charge in [0.2, 0.25) is 0 Å². The molecule has 0 unspecified atom stereocenters. The van der Waals surface area contributed by atoms with Crippen molar-refractivity contribution in [2.24, 2.45) is 5.41 Å². The zero-order valence-corrected chi connectivity index (χ0v) is 10.4. The Morgan fingerprint density at radius 1 is 1.25 bits per heavy atom. The van der Waals surface area contributed by atoms with Crippen LogP contribution < -0.4 is 5.32 Å². The largest absolute Gasteiger partial charge is 0.312 e. The topological polar surface area (TPSA) is 35.8 Å². The molecule has 0 saturated carbocycles. The Morgan fingerprint density at radius 2 is 1.88 bits per heavy atom. The van der Waals surface area contributed by atoms with Gasteiger partial charge in [-0.15, -0.1) is 0 Å². The molecule has 0 atom stereocenters. The number of rotatable bonds is 5. The lowest BCUT2D eigenvalue weighted by Crippen LogP contribution is -2.28. The molecule has 0 aromatic heterocycles. The van der Waals surface area contributed by atoms with Crippen molar-refractivity contribution in [1.82, 2.24) is 5.32 Å². The van der Waals surface area contributed by atoms with Gasteiger partial charge in [-0.2, -0.15) is 5.26 Å². The molecule has 0 aliphatic carbocycles. The van der Waals surface area contributed by atoms with Crippen molar-refractivity contribution in [3.63, 3.8) is 0 Å². The number of nitriles is 1. The van der Waals surface area contributed by atoms with Gasteiger partial charge in [-0.05, 0) is 29.5 Å². The van der Waals surface area contributed by atoms with Gasteiger partial charge in [-0.3, -0.25) is 0 Å². The first kappa shape index (κ1) is 12.7. The van der Waals surface area contributed by atoms with E-state index in [-0.39, 0.29) is 0 Å². The molecule has 0 heterocycles. The third-order valence-corrected chi connectivity index (χ3v) is 2.97. The minimum atomic E-state index is 0.354. The smallest absolute Gasteiger partial charge is 0.0991 e. The molecule has 1 aromatic carbocycles. The second kappa shape index (κ2) is 5.67. The van der Waals surface area contributed by atoms with E-state index in [4.69, 9.17) is 5.26 Å². The minimum absolute atomic E-state index is 0.354. The highest BCUT2D eigenvalue weighted by atomic mass is 14.9. The van der Waals surface area contributed by atoms with E-state index in [2.05, 4.69) is 32.2 Å². The summed E-state index contributed by atoms with van der Waals surface area (Å²) in [5, 5.41) is 12.1. The van der Waals surface area contributed by atoms with Gasteiger partial charge < -0.3 is 5.32 Å². The Labute approximate surface area is 98.3 Å². The maximum atomic E-state index is 8.68. The molecule has 0 spiro atoms. The van der Waals surface area contributed by atoms with Gasteiger partial charge in [-0.1, -0.05) is 32.9 Å². The average Bonchev–Trinajstić information content (AvgIpc) is 2.30. The average molecular weight is 216 g/mol. The quantitative estimate of drug-likeness (QED) is 0.821. The number of benzene rings is 1. The first-order valence-corrected chi connectivity index (χ1v) is 5.77. The summed E-state index contributed by atoms with van der Waals surface area (Å²) in [4.78, 5) is 0. The molecule has 0 saturated heterocycles. The molecule has 0 fully saturated rings. The monoisotopic (exact) mass is 216 g/mol. The van der Waals surface area contributed by atoms with Crippen LogP contribution in [0.25, 0.3) is 0 Å². The van der Waals surface area contributed by atoms with Crippen LogP contribution in [0.15, 0.2) is 24.3 Å². The fraction of sp³-hybridized carbons (Fsp3) is 0.500. The highest BCUT2D eigenvalue weighted by Crippen LogP contribution is 2.17. The lowest BCUT2D eigenvalue weighted by Gasteiger charge is -2.22. The molecule has 16 heavy (non-hydrogen) atoms. The molecule has 0 aliphatic heterocycles. The molecular weight excluding hydrogens is 196 g/mol. The molecule has 1 aromatic rings. The second-order valence-corrected chi connectivity index (χ2v) is 4.93. The molecule has 0 bridgehead atoms. The van der Waals surface area contributed by atoms with Crippen molar-refractivity contribution in [3.8, 4) is 6.07 Å². The van der Waals surface area contributed by atoms with Gasteiger partial charge in [0.05, 0.1) is 11.6 Å². The van der Waals surface area contributed by atoms with E-state index in [9.17, 15) is 0 Å². The van der Waals surface area contributed by atoms with Gasteiger partial charge in [-0.25, -0.2) is 0 Å². The number of hydrogen-bond acceptors (Lipinski definition) is 2. The van der Waals surface area contributed by atoms with Crippen LogP contribution in [0.1, 0.15) is 38.3 Å². The SMILES string of the molecule is CCC(C)(C)CNCc1ccc(C#N)cc1. The summed E-state index contributed by atoms with van der Waals surface area (Å²) in [6.07, 6.45) is 1.17. The molecule has 2 heteroatoms. The summed E-state index contributed by atoms with van der Waals surface area (Å²) in [6.45, 7) is 8.62. The Bertz CT molecular complexity index is 357. The van der Waals surface area contributed by atoms with Crippen molar-refractivity contribution in [2.45, 2.75) is 33.7 Å². The molecule has 0 radical (unpaired) electrons. The van der Waals surface area contributed by atoms with E-state index in [1.54, 1.807) is 0 Å². The fourth-order valence-electron chi connectivity index (χ4n) is 1.37. The van der Waals surface area contributed by atoms with Crippen LogP contribution in [0.4, 0.5) is 0 Å². The van der Waals surface area contributed by atoms with Crippen LogP contribution in [0.2, 0.25) is 0 Å². The van der Waals surface area contributed by atoms with E-state index in [0.29, 0.717) is 5.41 Å². The second-order valence-electron chi connectivity index (χ2n) is 4.93. The molecule has 1 rings (SSSR count). The molecule has 2 nitrogen and oxygen atoms in total. The summed E-state index contributed by atoms with van der Waals surface area (Å²) in [5.74, 6) is 0. The van der Waals surface area contributed by atoms with Gasteiger partial charge in [0.1, 0.15) is 0 Å². The Balaban J connectivity index is 2.41. The fourth-order valence-corrected chi connectivity index (χ4v) is 1.37. The standard InChI is InChI=1S/C14H20N2/c1-4-14(2,3)11-16-10-13-7-5-12(9-15)6-8-13/h5-8,16H,4,10-11H2,1-3H3. The van der Waals surface area contributed by atoms with Gasteiger partial charge in [0.25, 0.3) is 0 Å². The van der Waals surface area contributed by atoms with Crippen LogP contribution in [-0.2, 0) is 6.54 Å². The lowest BCUT2D eigenvalue weighted by atomic mass is 9.90. The Morgan fingerprint density at radius 3 is 2.38 bits per heavy atom. The van der Waals surface area contributed by atoms with Crippen molar-refractivity contribution in [1.29, 1.82) is 5.26 Å². The predicted octanol–water partition coefficient (Wildman–Crippen LogP) is 3.08. The third-order valence-electron chi connectivity index (χ3n) is 2.97. The molecule has 0 aliphatic rings. The van der Waals surface area contributed by atoms with Gasteiger partial charge in [0, 0.05) is 13.1 Å². The van der Waals surface area contributed by atoms with Crippen molar-refractivity contribution < 1.29 is 0 Å². The molecule has 86 valence electrons. The van der Waals surface area contributed by atoms with Crippen LogP contribution in [-0.4, -0.2) is 6.54 Å². The highest BCUT2D eigenvalue weighted by Gasteiger charge is 2.13. The Kier molecular flexibility index (Phi) is 4.52. The van der Waals surface area contributed by atoms with E-state index >= 15 is 0 Å². The van der Waals surface area contributed by atoms with Crippen molar-refractivity contribution in [2.75, 3.05) is 6.54 Å². The van der Waals surface area contributed by atoms with E-state index in [1.807, 2.05) is 24.3 Å². The summed E-state index contributed by atoms with van der Waals surface area (Å²) in [6, 6.07) is 9.86. The van der Waals surface area contributed by atoms with E-state index in [1.165, 1.54) is 12.0 Å². The first-order valence-electron chi connectivity index (χ1n) is 5.77. The predicted molar refractivity (Wildman–Crippen MR) is 66.9 cm³/mol. The zero-order valence-electron chi connectivity index (χ0n) is 10.4. The third kappa shape index (κ3) is 4.04. The van der Waals surface area contributed by atoms with Crippen LogP contribution in [0, 0.1) is 16.7 Å². The molecular formula is C14H20N2. The van der Waals surface area contributed by atoms with Gasteiger partial charge >= 0.3 is 0 Å². The highest BCUT2D eigenvalue weighted by molar-refractivity contribution is 5.31. The van der Waals surface area contributed by atoms with E-state index in [0.717, 1.165) is 18.7 Å². The molecule has 0 amide bonds. The summed E-state index contributed by atoms with van der Waals surface area (Å²) in [5.41, 5.74) is 2.30. The minimum Gasteiger partial charge on any atom is -0.312 e. The number of nitrogens with zero attached hydrogens (tertiary/aromatic N) is 1.